The topological polar surface area (TPSA) is 21.5 Å². The summed E-state index contributed by atoms with van der Waals surface area (Å²) < 4.78 is 0. The van der Waals surface area contributed by atoms with E-state index in [9.17, 15) is 4.79 Å². The van der Waals surface area contributed by atoms with Gasteiger partial charge in [-0.25, -0.2) is 0 Å². The fraction of sp³-hybridized carbons (Fsp3) is 0.115. The maximum atomic E-state index is 13.2. The van der Waals surface area contributed by atoms with E-state index in [2.05, 4.69) is 24.3 Å². The Labute approximate surface area is 166 Å². The number of hydrogen-bond donors (Lipinski definition) is 1. The molecule has 0 radical (unpaired) electrons. The molecule has 0 bridgehead atoms. The molecule has 1 aliphatic rings. The summed E-state index contributed by atoms with van der Waals surface area (Å²) in [5.41, 5.74) is 5.21. The standard InChI is InChI=1S/C26H23NO/c28-26-24(16-21-10-4-1-5-11-21)19-27(18-23-14-8-3-9-15-23)20-25(26)17-22-12-6-2-7-13-22/h1-17H,18-20H2/p+1/b24-16+,25-17?. The number of rotatable bonds is 4. The van der Waals surface area contributed by atoms with Gasteiger partial charge in [0.1, 0.15) is 19.6 Å². The summed E-state index contributed by atoms with van der Waals surface area (Å²) in [7, 11) is 0. The van der Waals surface area contributed by atoms with Crippen molar-refractivity contribution in [1.82, 2.24) is 0 Å². The molecule has 0 saturated carbocycles. The Balaban J connectivity index is 1.66. The van der Waals surface area contributed by atoms with Gasteiger partial charge >= 0.3 is 0 Å². The predicted molar refractivity (Wildman–Crippen MR) is 115 cm³/mol. The molecule has 0 aliphatic carbocycles. The minimum absolute atomic E-state index is 0.171. The highest BCUT2D eigenvalue weighted by atomic mass is 16.1. The molecule has 1 fully saturated rings. The summed E-state index contributed by atoms with van der Waals surface area (Å²) in [5, 5.41) is 0. The number of piperidine rings is 1. The summed E-state index contributed by atoms with van der Waals surface area (Å²) >= 11 is 0. The van der Waals surface area contributed by atoms with Crippen molar-refractivity contribution < 1.29 is 9.69 Å². The first kappa shape index (κ1) is 18.1. The van der Waals surface area contributed by atoms with Crippen LogP contribution in [0.2, 0.25) is 0 Å². The Bertz CT molecular complexity index is 927. The van der Waals surface area contributed by atoms with Crippen LogP contribution in [0.5, 0.6) is 0 Å². The Morgan fingerprint density at radius 3 is 1.54 bits per heavy atom. The van der Waals surface area contributed by atoms with Crippen LogP contribution in [0.1, 0.15) is 16.7 Å². The highest BCUT2D eigenvalue weighted by Crippen LogP contribution is 2.16. The van der Waals surface area contributed by atoms with Gasteiger partial charge in [0.05, 0.1) is 11.1 Å². The molecule has 1 N–H and O–H groups in total. The molecule has 1 unspecified atom stereocenters. The van der Waals surface area contributed by atoms with Crippen LogP contribution in [-0.4, -0.2) is 18.9 Å². The van der Waals surface area contributed by atoms with E-state index in [1.165, 1.54) is 10.5 Å². The molecule has 0 spiro atoms. The van der Waals surface area contributed by atoms with Gasteiger partial charge in [0.15, 0.2) is 5.78 Å². The maximum absolute atomic E-state index is 13.2. The zero-order valence-corrected chi connectivity index (χ0v) is 15.8. The average molecular weight is 366 g/mol. The molecular weight excluding hydrogens is 342 g/mol. The number of quaternary nitrogens is 1. The zero-order valence-electron chi connectivity index (χ0n) is 15.8. The summed E-state index contributed by atoms with van der Waals surface area (Å²) in [4.78, 5) is 14.6. The minimum Gasteiger partial charge on any atom is -0.323 e. The van der Waals surface area contributed by atoms with E-state index in [-0.39, 0.29) is 5.78 Å². The molecule has 138 valence electrons. The lowest BCUT2D eigenvalue weighted by Crippen LogP contribution is -3.12. The molecule has 28 heavy (non-hydrogen) atoms. The summed E-state index contributed by atoms with van der Waals surface area (Å²) in [6.07, 6.45) is 4.09. The van der Waals surface area contributed by atoms with Crippen molar-refractivity contribution >= 4 is 17.9 Å². The summed E-state index contributed by atoms with van der Waals surface area (Å²) in [6.45, 7) is 2.40. The first-order valence-corrected chi connectivity index (χ1v) is 9.71. The lowest BCUT2D eigenvalue weighted by atomic mass is 9.94. The second-order valence-electron chi connectivity index (χ2n) is 7.26. The molecule has 2 nitrogen and oxygen atoms in total. The normalized spacial score (nSPS) is 19.9. The molecule has 1 heterocycles. The average Bonchev–Trinajstić information content (AvgIpc) is 2.74. The Morgan fingerprint density at radius 1 is 0.643 bits per heavy atom. The first-order chi connectivity index (χ1) is 13.8. The Morgan fingerprint density at radius 2 is 1.07 bits per heavy atom. The SMILES string of the molecule is O=C1C(=Cc2ccccc2)C[NH+](Cc2ccccc2)C/C1=C\c1ccccc1. The third-order valence-corrected chi connectivity index (χ3v) is 5.04. The predicted octanol–water partition coefficient (Wildman–Crippen LogP) is 3.82. The minimum atomic E-state index is 0.171. The van der Waals surface area contributed by atoms with Gasteiger partial charge < -0.3 is 4.90 Å². The van der Waals surface area contributed by atoms with E-state index in [4.69, 9.17) is 0 Å². The van der Waals surface area contributed by atoms with Crippen molar-refractivity contribution in [1.29, 1.82) is 0 Å². The van der Waals surface area contributed by atoms with Crippen molar-refractivity contribution in [2.45, 2.75) is 6.54 Å². The van der Waals surface area contributed by atoms with Gasteiger partial charge in [-0.05, 0) is 23.3 Å². The van der Waals surface area contributed by atoms with Gasteiger partial charge in [-0.2, -0.15) is 0 Å². The van der Waals surface area contributed by atoms with E-state index in [1.807, 2.05) is 78.9 Å². The van der Waals surface area contributed by atoms with Crippen LogP contribution in [0.3, 0.4) is 0 Å². The second-order valence-corrected chi connectivity index (χ2v) is 7.26. The van der Waals surface area contributed by atoms with Gasteiger partial charge in [0.2, 0.25) is 0 Å². The van der Waals surface area contributed by atoms with E-state index < -0.39 is 0 Å². The van der Waals surface area contributed by atoms with Crippen molar-refractivity contribution in [2.75, 3.05) is 13.1 Å². The first-order valence-electron chi connectivity index (χ1n) is 9.71. The van der Waals surface area contributed by atoms with Gasteiger partial charge in [0, 0.05) is 5.56 Å². The number of carbonyl (C=O) groups excluding carboxylic acids is 1. The largest absolute Gasteiger partial charge is 0.323 e. The fourth-order valence-electron chi connectivity index (χ4n) is 3.71. The van der Waals surface area contributed by atoms with E-state index in [1.54, 1.807) is 0 Å². The molecule has 1 atom stereocenters. The van der Waals surface area contributed by atoms with E-state index >= 15 is 0 Å². The van der Waals surface area contributed by atoms with Gasteiger partial charge in [-0.15, -0.1) is 0 Å². The van der Waals surface area contributed by atoms with Gasteiger partial charge in [-0.3, -0.25) is 4.79 Å². The number of ketones is 1. The Kier molecular flexibility index (Phi) is 5.60. The molecule has 3 aromatic carbocycles. The van der Waals surface area contributed by atoms with E-state index in [0.717, 1.165) is 41.9 Å². The second kappa shape index (κ2) is 8.64. The summed E-state index contributed by atoms with van der Waals surface area (Å²) in [5.74, 6) is 0.171. The van der Waals surface area contributed by atoms with Crippen LogP contribution in [0.4, 0.5) is 0 Å². The van der Waals surface area contributed by atoms with Gasteiger partial charge in [-0.1, -0.05) is 91.0 Å². The molecule has 0 aromatic heterocycles. The molecule has 3 aromatic rings. The fourth-order valence-corrected chi connectivity index (χ4v) is 3.71. The van der Waals surface area contributed by atoms with Crippen LogP contribution < -0.4 is 4.90 Å². The van der Waals surface area contributed by atoms with Crippen molar-refractivity contribution in [3.05, 3.63) is 119 Å². The maximum Gasteiger partial charge on any atom is 0.196 e. The number of likely N-dealkylation sites (tertiary alicyclic amines) is 1. The quantitative estimate of drug-likeness (QED) is 0.697. The van der Waals surface area contributed by atoms with Crippen LogP contribution in [0.25, 0.3) is 12.2 Å². The number of Topliss-reactive ketones (excluding diaryl/α,β-unsaturated/α-hetero) is 1. The lowest BCUT2D eigenvalue weighted by molar-refractivity contribution is -0.904. The highest BCUT2D eigenvalue weighted by Gasteiger charge is 2.29. The van der Waals surface area contributed by atoms with E-state index in [0.29, 0.717) is 0 Å². The lowest BCUT2D eigenvalue weighted by Gasteiger charge is -2.27. The molecule has 4 rings (SSSR count). The third kappa shape index (κ3) is 4.54. The van der Waals surface area contributed by atoms with Crippen LogP contribution in [0.15, 0.2) is 102 Å². The molecule has 1 aliphatic heterocycles. The third-order valence-electron chi connectivity index (χ3n) is 5.04. The number of carbonyl (C=O) groups is 1. The zero-order chi connectivity index (χ0) is 19.2. The van der Waals surface area contributed by atoms with Crippen molar-refractivity contribution in [3.63, 3.8) is 0 Å². The molecule has 1 saturated heterocycles. The molecule has 0 amide bonds. The smallest absolute Gasteiger partial charge is 0.196 e. The van der Waals surface area contributed by atoms with Crippen LogP contribution >= 0.6 is 0 Å². The summed E-state index contributed by atoms with van der Waals surface area (Å²) in [6, 6.07) is 30.7. The molecular formula is C26H24NO+. The number of nitrogens with one attached hydrogen (secondary N) is 1. The van der Waals surface area contributed by atoms with Gasteiger partial charge in [0.25, 0.3) is 0 Å². The number of hydrogen-bond acceptors (Lipinski definition) is 1. The monoisotopic (exact) mass is 366 g/mol. The van der Waals surface area contributed by atoms with Crippen molar-refractivity contribution in [3.8, 4) is 0 Å². The van der Waals surface area contributed by atoms with Crippen LogP contribution in [-0.2, 0) is 11.3 Å². The number of benzene rings is 3. The van der Waals surface area contributed by atoms with Crippen molar-refractivity contribution in [2.24, 2.45) is 0 Å². The van der Waals surface area contributed by atoms with Crippen LogP contribution in [0, 0.1) is 0 Å². The Hall–Kier alpha value is -3.23. The molecule has 2 heteroatoms. The highest BCUT2D eigenvalue weighted by molar-refractivity contribution is 6.14.